The second-order valence-electron chi connectivity index (χ2n) is 7.49. The van der Waals surface area contributed by atoms with Crippen molar-refractivity contribution in [3.8, 4) is 5.75 Å². The van der Waals surface area contributed by atoms with Crippen LogP contribution >= 0.6 is 34.5 Å². The Balaban J connectivity index is 0.000000571. The Bertz CT molecular complexity index is 1120. The van der Waals surface area contributed by atoms with E-state index in [0.29, 0.717) is 66.6 Å². The number of halogens is 2. The van der Waals surface area contributed by atoms with E-state index >= 15 is 0 Å². The van der Waals surface area contributed by atoms with Crippen molar-refractivity contribution in [3.05, 3.63) is 64.1 Å². The van der Waals surface area contributed by atoms with Crippen molar-refractivity contribution in [1.29, 1.82) is 0 Å². The number of nitrogens with two attached hydrogens (primary N) is 1. The summed E-state index contributed by atoms with van der Waals surface area (Å²) in [6.45, 7) is 3.10. The van der Waals surface area contributed by atoms with Crippen molar-refractivity contribution in [2.45, 2.75) is 17.7 Å². The zero-order valence-electron chi connectivity index (χ0n) is 18.8. The molecule has 1 fully saturated rings. The van der Waals surface area contributed by atoms with Gasteiger partial charge in [-0.15, -0.1) is 11.3 Å². The molecule has 0 spiro atoms. The fourth-order valence-corrected chi connectivity index (χ4v) is 4.58. The van der Waals surface area contributed by atoms with E-state index in [0.717, 1.165) is 5.69 Å². The van der Waals surface area contributed by atoms with E-state index < -0.39 is 11.1 Å². The number of carbonyl (C=O) groups is 1. The minimum absolute atomic E-state index is 0. The minimum Gasteiger partial charge on any atom is -0.768 e. The molecule has 3 aromatic rings. The largest absolute Gasteiger partial charge is 0.768 e. The van der Waals surface area contributed by atoms with Crippen LogP contribution in [0.4, 0.5) is 10.8 Å². The van der Waals surface area contributed by atoms with Gasteiger partial charge in [0.1, 0.15) is 5.75 Å². The molecule has 1 atom stereocenters. The molecule has 4 rings (SSSR count). The van der Waals surface area contributed by atoms with E-state index in [4.69, 9.17) is 33.7 Å². The second kappa shape index (κ2) is 13.6. The smallest absolute Gasteiger partial charge is 0.222 e. The highest BCUT2D eigenvalue weighted by Gasteiger charge is 2.21. The third-order valence-corrected chi connectivity index (χ3v) is 6.96. The molecule has 1 saturated heterocycles. The normalized spacial score (nSPS) is 14.1. The number of piperazine rings is 1. The van der Waals surface area contributed by atoms with Crippen LogP contribution in [-0.2, 0) is 15.9 Å². The van der Waals surface area contributed by atoms with E-state index in [1.807, 2.05) is 10.3 Å². The van der Waals surface area contributed by atoms with Gasteiger partial charge in [0, 0.05) is 61.2 Å². The van der Waals surface area contributed by atoms with Gasteiger partial charge in [0.25, 0.3) is 0 Å². The Labute approximate surface area is 222 Å². The SMILES string of the molecule is Nc1nccs1.O=C(CCCOc1ccc(Cl)cc1Cl)N1CCN(c2ccc(S(=O)[O-])cc2)CC1.[HH]. The topological polar surface area (TPSA) is 112 Å². The Morgan fingerprint density at radius 2 is 1.89 bits per heavy atom. The minimum atomic E-state index is -2.22. The molecule has 35 heavy (non-hydrogen) atoms. The molecule has 2 aromatic carbocycles. The van der Waals surface area contributed by atoms with Crippen LogP contribution in [0.3, 0.4) is 0 Å². The van der Waals surface area contributed by atoms with Crippen molar-refractivity contribution >= 4 is 62.3 Å². The number of aromatic nitrogens is 1. The van der Waals surface area contributed by atoms with Gasteiger partial charge in [-0.2, -0.15) is 0 Å². The van der Waals surface area contributed by atoms with Crippen LogP contribution in [0.15, 0.2) is 58.9 Å². The molecule has 2 heterocycles. The van der Waals surface area contributed by atoms with Crippen LogP contribution in [0.1, 0.15) is 14.3 Å². The number of nitrogens with zero attached hydrogens (tertiary/aromatic N) is 3. The average molecular weight is 559 g/mol. The predicted octanol–water partition coefficient (Wildman–Crippen LogP) is 4.71. The lowest BCUT2D eigenvalue weighted by Gasteiger charge is -2.36. The third kappa shape index (κ3) is 8.66. The second-order valence-corrected chi connectivity index (χ2v) is 10.2. The number of amides is 1. The van der Waals surface area contributed by atoms with Gasteiger partial charge in [-0.25, -0.2) is 4.98 Å². The molecule has 0 bridgehead atoms. The fraction of sp³-hybridized carbons (Fsp3) is 0.304. The van der Waals surface area contributed by atoms with Crippen LogP contribution in [0.2, 0.25) is 10.0 Å². The van der Waals surface area contributed by atoms with Crippen molar-refractivity contribution < 1.29 is 19.7 Å². The maximum Gasteiger partial charge on any atom is 0.222 e. The lowest BCUT2D eigenvalue weighted by molar-refractivity contribution is -0.131. The van der Waals surface area contributed by atoms with Gasteiger partial charge in [0.2, 0.25) is 5.91 Å². The van der Waals surface area contributed by atoms with Gasteiger partial charge in [0.15, 0.2) is 5.13 Å². The highest BCUT2D eigenvalue weighted by molar-refractivity contribution is 7.79. The molecular weight excluding hydrogens is 531 g/mol. The van der Waals surface area contributed by atoms with E-state index in [2.05, 4.69) is 9.88 Å². The molecule has 190 valence electrons. The highest BCUT2D eigenvalue weighted by atomic mass is 35.5. The summed E-state index contributed by atoms with van der Waals surface area (Å²) in [4.78, 5) is 20.4. The van der Waals surface area contributed by atoms with Crippen LogP contribution in [0.5, 0.6) is 5.75 Å². The van der Waals surface area contributed by atoms with Crippen molar-refractivity contribution in [2.24, 2.45) is 0 Å². The molecule has 1 amide bonds. The molecule has 1 aromatic heterocycles. The van der Waals surface area contributed by atoms with Gasteiger partial charge in [0.05, 0.1) is 11.6 Å². The maximum atomic E-state index is 12.4. The average Bonchev–Trinajstić information content (AvgIpc) is 3.34. The molecule has 1 aliphatic rings. The number of ether oxygens (including phenoxy) is 1. The van der Waals surface area contributed by atoms with E-state index in [1.54, 1.807) is 48.7 Å². The number of benzene rings is 2. The van der Waals surface area contributed by atoms with E-state index in [9.17, 15) is 13.6 Å². The Hall–Kier alpha value is -2.37. The molecule has 0 aliphatic carbocycles. The molecule has 8 nitrogen and oxygen atoms in total. The van der Waals surface area contributed by atoms with E-state index in [1.165, 1.54) is 11.3 Å². The molecule has 1 unspecified atom stereocenters. The number of thiazole rings is 1. The number of hydrogen-bond acceptors (Lipinski definition) is 8. The molecule has 1 aliphatic heterocycles. The lowest BCUT2D eigenvalue weighted by atomic mass is 10.2. The summed E-state index contributed by atoms with van der Waals surface area (Å²) in [5, 5.41) is 3.48. The van der Waals surface area contributed by atoms with Crippen molar-refractivity contribution in [3.63, 3.8) is 0 Å². The number of nitrogen functional groups attached to an aromatic ring is 1. The monoisotopic (exact) mass is 557 g/mol. The first-order valence-electron chi connectivity index (χ1n) is 10.8. The Kier molecular flexibility index (Phi) is 10.6. The molecule has 0 radical (unpaired) electrons. The van der Waals surface area contributed by atoms with Crippen LogP contribution in [-0.4, -0.2) is 57.3 Å². The van der Waals surface area contributed by atoms with Gasteiger partial charge in [-0.05, 0) is 60.0 Å². The quantitative estimate of drug-likeness (QED) is 0.330. The summed E-state index contributed by atoms with van der Waals surface area (Å²) in [6.07, 6.45) is 2.70. The summed E-state index contributed by atoms with van der Waals surface area (Å²) < 4.78 is 27.5. The number of carbonyl (C=O) groups excluding carboxylic acids is 1. The maximum absolute atomic E-state index is 12.4. The first-order valence-corrected chi connectivity index (χ1v) is 13.5. The summed E-state index contributed by atoms with van der Waals surface area (Å²) in [6, 6.07) is 11.8. The summed E-state index contributed by atoms with van der Waals surface area (Å²) in [5.74, 6) is 0.663. The van der Waals surface area contributed by atoms with Gasteiger partial charge >= 0.3 is 0 Å². The third-order valence-electron chi connectivity index (χ3n) is 5.16. The van der Waals surface area contributed by atoms with Crippen LogP contribution in [0, 0.1) is 0 Å². The standard InChI is InChI=1S/C20H22Cl2N2O4S.C3H4N2S.H2/c21-15-3-8-19(18(22)14-15)28-13-1-2-20(25)24-11-9-23(10-12-24)16-4-6-17(7-5-16)29(26)27;4-3-5-1-2-6-3;/h3-8,14H,1-2,9-13H2,(H,26,27);1-2H,(H2,4,5);1H/p-1. The van der Waals surface area contributed by atoms with Crippen LogP contribution in [0.25, 0.3) is 0 Å². The molecule has 0 saturated carbocycles. The Morgan fingerprint density at radius 1 is 1.17 bits per heavy atom. The summed E-state index contributed by atoms with van der Waals surface area (Å²) in [7, 11) is 0. The molecule has 12 heteroatoms. The molecule has 2 N–H and O–H groups in total. The number of anilines is 2. The first kappa shape index (κ1) is 27.2. The number of rotatable bonds is 7. The highest BCUT2D eigenvalue weighted by Crippen LogP contribution is 2.27. The van der Waals surface area contributed by atoms with Gasteiger partial charge in [-0.1, -0.05) is 23.2 Å². The summed E-state index contributed by atoms with van der Waals surface area (Å²) >= 11 is 11.1. The van der Waals surface area contributed by atoms with Crippen LogP contribution < -0.4 is 15.4 Å². The van der Waals surface area contributed by atoms with Crippen molar-refractivity contribution in [2.75, 3.05) is 43.4 Å². The molecular formula is C23H27Cl2N4O4S2-. The van der Waals surface area contributed by atoms with E-state index in [-0.39, 0.29) is 12.2 Å². The number of hydrogen-bond donors (Lipinski definition) is 1. The van der Waals surface area contributed by atoms with Gasteiger partial charge in [-0.3, -0.25) is 9.00 Å². The summed E-state index contributed by atoms with van der Waals surface area (Å²) in [5.41, 5.74) is 6.14. The van der Waals surface area contributed by atoms with Crippen molar-refractivity contribution in [1.82, 2.24) is 9.88 Å². The zero-order chi connectivity index (χ0) is 25.2. The Morgan fingerprint density at radius 3 is 2.43 bits per heavy atom. The zero-order valence-corrected chi connectivity index (χ0v) is 21.9. The lowest BCUT2D eigenvalue weighted by Crippen LogP contribution is -2.48. The predicted molar refractivity (Wildman–Crippen MR) is 142 cm³/mol. The first-order chi connectivity index (χ1) is 16.8. The fourth-order valence-electron chi connectivity index (χ4n) is 3.37. The van der Waals surface area contributed by atoms with Gasteiger partial charge < -0.3 is 24.8 Å².